The molecule has 2 aromatic rings. The highest BCUT2D eigenvalue weighted by atomic mass is 127. The number of benzene rings is 2. The molecule has 0 aromatic heterocycles. The fourth-order valence-corrected chi connectivity index (χ4v) is 4.44. The highest BCUT2D eigenvalue weighted by molar-refractivity contribution is 14.0. The number of rotatable bonds is 8. The summed E-state index contributed by atoms with van der Waals surface area (Å²) >= 11 is 0. The summed E-state index contributed by atoms with van der Waals surface area (Å²) in [6, 6.07) is 13.9. The molecule has 2 aromatic carbocycles. The maximum Gasteiger partial charge on any atom is 0.191 e. The summed E-state index contributed by atoms with van der Waals surface area (Å²) in [5.41, 5.74) is 2.92. The van der Waals surface area contributed by atoms with Crippen molar-refractivity contribution in [3.05, 3.63) is 65.0 Å². The van der Waals surface area contributed by atoms with Crippen LogP contribution in [0.1, 0.15) is 42.5 Å². The van der Waals surface area contributed by atoms with E-state index in [4.69, 9.17) is 14.5 Å². The molecule has 1 fully saturated rings. The first kappa shape index (κ1) is 25.7. The lowest BCUT2D eigenvalue weighted by Crippen LogP contribution is -2.39. The third-order valence-corrected chi connectivity index (χ3v) is 5.97. The Hall–Kier alpha value is -1.91. The van der Waals surface area contributed by atoms with Gasteiger partial charge in [0.2, 0.25) is 0 Å². The van der Waals surface area contributed by atoms with Gasteiger partial charge in [-0.15, -0.1) is 24.0 Å². The van der Waals surface area contributed by atoms with Gasteiger partial charge in [0, 0.05) is 18.7 Å². The molecule has 2 aliphatic heterocycles. The molecule has 8 heteroatoms. The molecule has 2 heterocycles. The molecule has 4 rings (SSSR count). The van der Waals surface area contributed by atoms with Gasteiger partial charge in [-0.25, -0.2) is 4.39 Å². The zero-order chi connectivity index (χ0) is 22.2. The number of nitrogens with zero attached hydrogens (tertiary/aromatic N) is 2. The van der Waals surface area contributed by atoms with E-state index in [1.54, 1.807) is 6.07 Å². The van der Waals surface area contributed by atoms with Crippen molar-refractivity contribution in [1.29, 1.82) is 0 Å². The van der Waals surface area contributed by atoms with E-state index < -0.39 is 0 Å². The Morgan fingerprint density at radius 2 is 1.94 bits per heavy atom. The van der Waals surface area contributed by atoms with Gasteiger partial charge in [0.05, 0.1) is 19.2 Å². The summed E-state index contributed by atoms with van der Waals surface area (Å²) in [7, 11) is 0. The Balaban J connectivity index is 0.00000306. The predicted molar refractivity (Wildman–Crippen MR) is 140 cm³/mol. The Labute approximate surface area is 213 Å². The van der Waals surface area contributed by atoms with Crippen molar-refractivity contribution in [3.63, 3.8) is 0 Å². The average Bonchev–Trinajstić information content (AvgIpc) is 3.34. The van der Waals surface area contributed by atoms with E-state index in [0.717, 1.165) is 42.5 Å². The van der Waals surface area contributed by atoms with Crippen LogP contribution in [0.3, 0.4) is 0 Å². The molecule has 33 heavy (non-hydrogen) atoms. The lowest BCUT2D eigenvalue weighted by molar-refractivity contribution is -0.0172. The van der Waals surface area contributed by atoms with Gasteiger partial charge < -0.3 is 20.1 Å². The van der Waals surface area contributed by atoms with E-state index in [1.807, 2.05) is 0 Å². The minimum atomic E-state index is -0.260. The zero-order valence-corrected chi connectivity index (χ0v) is 21.5. The Bertz CT molecular complexity index is 907. The number of nitrogens with one attached hydrogen (secondary N) is 2. The van der Waals surface area contributed by atoms with Gasteiger partial charge in [0.25, 0.3) is 0 Å². The lowest BCUT2D eigenvalue weighted by atomic mass is 10.1. The molecule has 180 valence electrons. The topological polar surface area (TPSA) is 58.1 Å². The summed E-state index contributed by atoms with van der Waals surface area (Å²) < 4.78 is 24.9. The average molecular weight is 568 g/mol. The van der Waals surface area contributed by atoms with Gasteiger partial charge in [-0.1, -0.05) is 30.3 Å². The van der Waals surface area contributed by atoms with Crippen molar-refractivity contribution in [1.82, 2.24) is 15.5 Å². The van der Waals surface area contributed by atoms with Gasteiger partial charge >= 0.3 is 0 Å². The second-order valence-electron chi connectivity index (χ2n) is 8.23. The Morgan fingerprint density at radius 1 is 1.15 bits per heavy atom. The van der Waals surface area contributed by atoms with Crippen molar-refractivity contribution in [3.8, 4) is 5.75 Å². The molecule has 1 unspecified atom stereocenters. The molecule has 0 radical (unpaired) electrons. The molecule has 0 saturated carbocycles. The molecule has 2 aliphatic rings. The van der Waals surface area contributed by atoms with E-state index in [2.05, 4.69) is 52.8 Å². The molecule has 0 amide bonds. The van der Waals surface area contributed by atoms with Crippen molar-refractivity contribution in [2.75, 3.05) is 39.5 Å². The fourth-order valence-electron chi connectivity index (χ4n) is 4.44. The first-order valence-corrected chi connectivity index (χ1v) is 11.6. The van der Waals surface area contributed by atoms with E-state index in [0.29, 0.717) is 26.1 Å². The molecular weight excluding hydrogens is 534 g/mol. The number of guanidine groups is 1. The number of fused-ring (bicyclic) bond motifs is 1. The Kier molecular flexibility index (Phi) is 10.2. The summed E-state index contributed by atoms with van der Waals surface area (Å²) in [6.07, 6.45) is 3.13. The maximum atomic E-state index is 14.0. The van der Waals surface area contributed by atoms with Gasteiger partial charge in [0.15, 0.2) is 12.8 Å². The smallest absolute Gasteiger partial charge is 0.191 e. The van der Waals surface area contributed by atoms with Crippen molar-refractivity contribution in [2.45, 2.75) is 38.8 Å². The first-order valence-electron chi connectivity index (χ1n) is 11.6. The van der Waals surface area contributed by atoms with Crippen LogP contribution in [0.25, 0.3) is 0 Å². The SMILES string of the molecule is CCNC(=NCC(c1ccccc1)N1CCCC1)NCCc1cc(F)cc2c1OCOC2.I. The van der Waals surface area contributed by atoms with E-state index in [1.165, 1.54) is 24.5 Å². The first-order chi connectivity index (χ1) is 15.7. The van der Waals surface area contributed by atoms with Crippen LogP contribution in [0.2, 0.25) is 0 Å². The number of likely N-dealkylation sites (tertiary alicyclic amines) is 1. The van der Waals surface area contributed by atoms with Crippen LogP contribution in [-0.2, 0) is 17.8 Å². The number of hydrogen-bond acceptors (Lipinski definition) is 4. The van der Waals surface area contributed by atoms with Crippen LogP contribution in [-0.4, -0.2) is 50.4 Å². The molecule has 0 spiro atoms. The van der Waals surface area contributed by atoms with Gasteiger partial charge in [-0.05, 0) is 62.5 Å². The molecule has 1 atom stereocenters. The third kappa shape index (κ3) is 7.04. The van der Waals surface area contributed by atoms with E-state index in [-0.39, 0.29) is 42.6 Å². The quantitative estimate of drug-likeness (QED) is 0.284. The number of ether oxygens (including phenoxy) is 2. The summed E-state index contributed by atoms with van der Waals surface area (Å²) in [5.74, 6) is 1.27. The van der Waals surface area contributed by atoms with Crippen molar-refractivity contribution >= 4 is 29.9 Å². The fraction of sp³-hybridized carbons (Fsp3) is 0.480. The summed E-state index contributed by atoms with van der Waals surface area (Å²) in [6.45, 7) is 6.99. The normalized spacial score (nSPS) is 17.0. The van der Waals surface area contributed by atoms with Crippen LogP contribution < -0.4 is 15.4 Å². The van der Waals surface area contributed by atoms with Crippen LogP contribution in [0.5, 0.6) is 5.75 Å². The molecule has 2 N–H and O–H groups in total. The highest BCUT2D eigenvalue weighted by Crippen LogP contribution is 2.29. The monoisotopic (exact) mass is 568 g/mol. The second-order valence-corrected chi connectivity index (χ2v) is 8.23. The maximum absolute atomic E-state index is 14.0. The minimum absolute atomic E-state index is 0. The summed E-state index contributed by atoms with van der Waals surface area (Å²) in [5, 5.41) is 6.74. The molecule has 0 aliphatic carbocycles. The number of halogens is 2. The zero-order valence-electron chi connectivity index (χ0n) is 19.2. The van der Waals surface area contributed by atoms with E-state index >= 15 is 0 Å². The number of hydrogen-bond donors (Lipinski definition) is 2. The highest BCUT2D eigenvalue weighted by Gasteiger charge is 2.23. The largest absolute Gasteiger partial charge is 0.467 e. The Morgan fingerprint density at radius 3 is 2.70 bits per heavy atom. The molecular formula is C25H34FIN4O2. The van der Waals surface area contributed by atoms with Gasteiger partial charge in [0.1, 0.15) is 11.6 Å². The van der Waals surface area contributed by atoms with E-state index in [9.17, 15) is 4.39 Å². The number of aliphatic imine (C=N–C) groups is 1. The summed E-state index contributed by atoms with van der Waals surface area (Å²) in [4.78, 5) is 7.43. The second kappa shape index (κ2) is 13.1. The van der Waals surface area contributed by atoms with Crippen LogP contribution in [0, 0.1) is 5.82 Å². The standard InChI is InChI=1S/C25H33FN4O2.HI/c1-2-27-25(28-11-10-20-14-22(26)15-21-17-31-18-32-24(20)21)29-16-23(30-12-6-7-13-30)19-8-4-3-5-9-19;/h3-5,8-9,14-15,23H,2,6-7,10-13,16-18H2,1H3,(H2,27,28,29);1H. The molecule has 0 bridgehead atoms. The minimum Gasteiger partial charge on any atom is -0.467 e. The van der Waals surface area contributed by atoms with Crippen LogP contribution in [0.4, 0.5) is 4.39 Å². The van der Waals surface area contributed by atoms with Crippen LogP contribution in [0.15, 0.2) is 47.5 Å². The lowest BCUT2D eigenvalue weighted by Gasteiger charge is -2.27. The van der Waals surface area contributed by atoms with Crippen molar-refractivity contribution in [2.24, 2.45) is 4.99 Å². The predicted octanol–water partition coefficient (Wildman–Crippen LogP) is 4.24. The third-order valence-electron chi connectivity index (χ3n) is 5.97. The molecule has 1 saturated heterocycles. The van der Waals surface area contributed by atoms with Crippen molar-refractivity contribution < 1.29 is 13.9 Å². The molecule has 6 nitrogen and oxygen atoms in total. The van der Waals surface area contributed by atoms with Crippen LogP contribution >= 0.6 is 24.0 Å². The van der Waals surface area contributed by atoms with Gasteiger partial charge in [-0.3, -0.25) is 9.89 Å². The van der Waals surface area contributed by atoms with Gasteiger partial charge in [-0.2, -0.15) is 0 Å².